The molecule has 0 atom stereocenters. The second-order valence-corrected chi connectivity index (χ2v) is 8.15. The Hall–Kier alpha value is -2.98. The highest BCUT2D eigenvalue weighted by Gasteiger charge is 2.14. The number of aromatic nitrogens is 4. The molecule has 4 aromatic rings. The minimum atomic E-state index is -0.347. The highest BCUT2D eigenvalue weighted by atomic mass is 32.2. The van der Waals surface area contributed by atoms with Crippen LogP contribution >= 0.6 is 23.1 Å². The summed E-state index contributed by atoms with van der Waals surface area (Å²) < 4.78 is 16.8. The van der Waals surface area contributed by atoms with E-state index in [1.165, 1.54) is 39.8 Å². The lowest BCUT2D eigenvalue weighted by Crippen LogP contribution is -2.21. The minimum Gasteiger partial charge on any atom is -0.310 e. The first-order valence-corrected chi connectivity index (χ1v) is 10.5. The number of fused-ring (bicyclic) bond motifs is 1. The highest BCUT2D eigenvalue weighted by molar-refractivity contribution is 7.99. The van der Waals surface area contributed by atoms with E-state index < -0.39 is 0 Å². The van der Waals surface area contributed by atoms with Crippen molar-refractivity contribution in [3.05, 3.63) is 63.6 Å². The fraction of sp³-hybridized carbons (Fsp3) is 0.158. The van der Waals surface area contributed by atoms with Crippen LogP contribution in [0.25, 0.3) is 15.9 Å². The average Bonchev–Trinajstić information content (AvgIpc) is 3.30. The molecule has 0 saturated carbocycles. The van der Waals surface area contributed by atoms with Crippen LogP contribution in [0.15, 0.2) is 51.7 Å². The first kappa shape index (κ1) is 19.3. The van der Waals surface area contributed by atoms with Crippen LogP contribution in [-0.4, -0.2) is 31.0 Å². The van der Waals surface area contributed by atoms with Gasteiger partial charge in [-0.2, -0.15) is 5.10 Å². The third-order valence-electron chi connectivity index (χ3n) is 4.15. The molecule has 0 aliphatic heterocycles. The smallest absolute Gasteiger partial charge is 0.271 e. The zero-order valence-corrected chi connectivity index (χ0v) is 17.2. The number of aryl methyl sites for hydroxylation is 1. The summed E-state index contributed by atoms with van der Waals surface area (Å²) in [7, 11) is 1.64. The Morgan fingerprint density at radius 3 is 2.79 bits per heavy atom. The van der Waals surface area contributed by atoms with Crippen LogP contribution in [0.1, 0.15) is 5.69 Å². The molecule has 0 spiro atoms. The van der Waals surface area contributed by atoms with Gasteiger partial charge in [-0.1, -0.05) is 11.8 Å². The molecular formula is C19H16FN5O2S2. The molecule has 7 nitrogen and oxygen atoms in total. The Kier molecular flexibility index (Phi) is 5.20. The molecule has 0 radical (unpaired) electrons. The van der Waals surface area contributed by atoms with Gasteiger partial charge >= 0.3 is 0 Å². The molecule has 0 aliphatic carbocycles. The van der Waals surface area contributed by atoms with Crippen molar-refractivity contribution in [3.8, 4) is 5.69 Å². The lowest BCUT2D eigenvalue weighted by molar-refractivity contribution is -0.113. The Bertz CT molecular complexity index is 1260. The van der Waals surface area contributed by atoms with E-state index in [1.54, 1.807) is 42.9 Å². The fourth-order valence-electron chi connectivity index (χ4n) is 2.77. The SMILES string of the molecule is Cc1cc(NC(=O)CSc2nc3ccsc3c(=O)n2C)n(-c2ccc(F)cc2)n1. The summed E-state index contributed by atoms with van der Waals surface area (Å²) in [5, 5.41) is 9.46. The molecule has 4 rings (SSSR count). The number of halogens is 1. The quantitative estimate of drug-likeness (QED) is 0.389. The number of carbonyl (C=O) groups is 1. The second kappa shape index (κ2) is 7.80. The third kappa shape index (κ3) is 3.94. The van der Waals surface area contributed by atoms with Crippen molar-refractivity contribution in [1.29, 1.82) is 0 Å². The summed E-state index contributed by atoms with van der Waals surface area (Å²) in [5.74, 6) is -0.0584. The number of benzene rings is 1. The van der Waals surface area contributed by atoms with E-state index in [0.29, 0.717) is 32.6 Å². The molecule has 1 N–H and O–H groups in total. The average molecular weight is 430 g/mol. The molecule has 1 amide bonds. The Labute approximate surface area is 173 Å². The summed E-state index contributed by atoms with van der Waals surface area (Å²) in [6, 6.07) is 9.36. The molecule has 1 aromatic carbocycles. The number of nitrogens with one attached hydrogen (secondary N) is 1. The standard InChI is InChI=1S/C19H16FN5O2S2/c1-11-9-15(25(23-11)13-5-3-12(20)4-6-13)22-16(26)10-29-19-21-14-7-8-28-17(14)18(27)24(19)2/h3-9H,10H2,1-2H3,(H,22,26). The number of hydrogen-bond acceptors (Lipinski definition) is 6. The summed E-state index contributed by atoms with van der Waals surface area (Å²) in [4.78, 5) is 29.3. The largest absolute Gasteiger partial charge is 0.310 e. The lowest BCUT2D eigenvalue weighted by Gasteiger charge is -2.10. The van der Waals surface area contributed by atoms with Crippen LogP contribution in [0.4, 0.5) is 10.2 Å². The maximum atomic E-state index is 13.2. The third-order valence-corrected chi connectivity index (χ3v) is 6.07. The number of thioether (sulfide) groups is 1. The van der Waals surface area contributed by atoms with Gasteiger partial charge in [0.05, 0.1) is 22.7 Å². The van der Waals surface area contributed by atoms with Gasteiger partial charge in [-0.25, -0.2) is 14.1 Å². The topological polar surface area (TPSA) is 81.8 Å². The molecule has 3 aromatic heterocycles. The van der Waals surface area contributed by atoms with Crippen LogP contribution in [-0.2, 0) is 11.8 Å². The van der Waals surface area contributed by atoms with Crippen LogP contribution in [0.5, 0.6) is 0 Å². The van der Waals surface area contributed by atoms with Crippen LogP contribution < -0.4 is 10.9 Å². The predicted molar refractivity (Wildman–Crippen MR) is 112 cm³/mol. The van der Waals surface area contributed by atoms with E-state index in [1.807, 2.05) is 5.38 Å². The lowest BCUT2D eigenvalue weighted by atomic mass is 10.3. The summed E-state index contributed by atoms with van der Waals surface area (Å²) in [6.45, 7) is 1.81. The number of rotatable bonds is 5. The van der Waals surface area contributed by atoms with Crippen LogP contribution in [0.2, 0.25) is 0 Å². The van der Waals surface area contributed by atoms with Crippen molar-refractivity contribution in [1.82, 2.24) is 19.3 Å². The van der Waals surface area contributed by atoms with E-state index >= 15 is 0 Å². The molecule has 0 unspecified atom stereocenters. The first-order chi connectivity index (χ1) is 13.9. The molecule has 0 aliphatic rings. The fourth-order valence-corrected chi connectivity index (χ4v) is 4.35. The molecular weight excluding hydrogens is 413 g/mol. The van der Waals surface area contributed by atoms with Gasteiger partial charge in [0.25, 0.3) is 5.56 Å². The molecule has 148 valence electrons. The van der Waals surface area contributed by atoms with Crippen molar-refractivity contribution in [2.24, 2.45) is 7.05 Å². The summed E-state index contributed by atoms with van der Waals surface area (Å²) in [5.41, 5.74) is 1.85. The molecule has 0 bridgehead atoms. The number of carbonyl (C=O) groups excluding carboxylic acids is 1. The summed E-state index contributed by atoms with van der Waals surface area (Å²) >= 11 is 2.53. The minimum absolute atomic E-state index is 0.0730. The number of nitrogens with zero attached hydrogens (tertiary/aromatic N) is 4. The summed E-state index contributed by atoms with van der Waals surface area (Å²) in [6.07, 6.45) is 0. The molecule has 10 heteroatoms. The zero-order valence-electron chi connectivity index (χ0n) is 15.5. The van der Waals surface area contributed by atoms with E-state index in [9.17, 15) is 14.0 Å². The highest BCUT2D eigenvalue weighted by Crippen LogP contribution is 2.21. The Morgan fingerprint density at radius 1 is 1.28 bits per heavy atom. The molecule has 0 fully saturated rings. The van der Waals surface area contributed by atoms with Crippen molar-refractivity contribution in [3.63, 3.8) is 0 Å². The van der Waals surface area contributed by atoms with Gasteiger partial charge in [-0.3, -0.25) is 14.2 Å². The van der Waals surface area contributed by atoms with E-state index in [2.05, 4.69) is 15.4 Å². The van der Waals surface area contributed by atoms with E-state index in [-0.39, 0.29) is 23.0 Å². The van der Waals surface area contributed by atoms with Crippen molar-refractivity contribution in [2.75, 3.05) is 11.1 Å². The van der Waals surface area contributed by atoms with Gasteiger partial charge < -0.3 is 5.32 Å². The molecule has 29 heavy (non-hydrogen) atoms. The number of hydrogen-bond donors (Lipinski definition) is 1. The maximum absolute atomic E-state index is 13.2. The Morgan fingerprint density at radius 2 is 2.03 bits per heavy atom. The first-order valence-electron chi connectivity index (χ1n) is 8.62. The zero-order chi connectivity index (χ0) is 20.5. The van der Waals surface area contributed by atoms with Gasteiger partial charge in [0, 0.05) is 13.1 Å². The normalized spacial score (nSPS) is 11.1. The monoisotopic (exact) mass is 429 g/mol. The molecule has 3 heterocycles. The number of anilines is 1. The van der Waals surface area contributed by atoms with Gasteiger partial charge in [-0.05, 0) is 42.6 Å². The Balaban J connectivity index is 1.51. The number of amides is 1. The number of thiophene rings is 1. The van der Waals surface area contributed by atoms with Gasteiger partial charge in [-0.15, -0.1) is 11.3 Å². The van der Waals surface area contributed by atoms with E-state index in [4.69, 9.17) is 0 Å². The van der Waals surface area contributed by atoms with Crippen molar-refractivity contribution < 1.29 is 9.18 Å². The van der Waals surface area contributed by atoms with Gasteiger partial charge in [0.15, 0.2) is 5.16 Å². The van der Waals surface area contributed by atoms with Gasteiger partial charge in [0.1, 0.15) is 16.3 Å². The maximum Gasteiger partial charge on any atom is 0.271 e. The molecule has 0 saturated heterocycles. The van der Waals surface area contributed by atoms with Crippen molar-refractivity contribution >= 4 is 45.0 Å². The van der Waals surface area contributed by atoms with Crippen LogP contribution in [0.3, 0.4) is 0 Å². The van der Waals surface area contributed by atoms with Gasteiger partial charge in [0.2, 0.25) is 5.91 Å². The van der Waals surface area contributed by atoms with Crippen molar-refractivity contribution in [2.45, 2.75) is 12.1 Å². The second-order valence-electron chi connectivity index (χ2n) is 6.29. The van der Waals surface area contributed by atoms with E-state index in [0.717, 1.165) is 0 Å². The van der Waals surface area contributed by atoms with Crippen LogP contribution in [0, 0.1) is 12.7 Å². The predicted octanol–water partition coefficient (Wildman–Crippen LogP) is 3.36.